The highest BCUT2D eigenvalue weighted by Gasteiger charge is 2.26. The topological polar surface area (TPSA) is 29.9 Å². The van der Waals surface area contributed by atoms with Gasteiger partial charge in [-0.05, 0) is 38.2 Å². The van der Waals surface area contributed by atoms with Crippen LogP contribution in [0.15, 0.2) is 12.3 Å². The summed E-state index contributed by atoms with van der Waals surface area (Å²) in [5.41, 5.74) is 1.16. The van der Waals surface area contributed by atoms with E-state index in [0.29, 0.717) is 12.1 Å². The lowest BCUT2D eigenvalue weighted by Crippen LogP contribution is -2.40. The fraction of sp³-hybridized carbons (Fsp3) is 0.800. The van der Waals surface area contributed by atoms with Gasteiger partial charge in [0, 0.05) is 24.8 Å². The van der Waals surface area contributed by atoms with E-state index in [1.54, 1.807) is 0 Å². The molecule has 1 aromatic heterocycles. The zero-order valence-electron chi connectivity index (χ0n) is 12.2. The van der Waals surface area contributed by atoms with E-state index < -0.39 is 0 Å². The molecule has 102 valence electrons. The summed E-state index contributed by atoms with van der Waals surface area (Å²) in [7, 11) is 0. The summed E-state index contributed by atoms with van der Waals surface area (Å²) >= 11 is 0. The molecule has 0 aromatic carbocycles. The Bertz CT molecular complexity index is 370. The number of nitrogens with zero attached hydrogens (tertiary/aromatic N) is 2. The molecular weight excluding hydrogens is 222 g/mol. The zero-order chi connectivity index (χ0) is 13.1. The number of hydrogen-bond acceptors (Lipinski definition) is 2. The Morgan fingerprint density at radius 1 is 1.39 bits per heavy atom. The first-order chi connectivity index (χ1) is 8.58. The molecule has 3 unspecified atom stereocenters. The van der Waals surface area contributed by atoms with Crippen LogP contribution in [0.3, 0.4) is 0 Å². The van der Waals surface area contributed by atoms with Gasteiger partial charge in [0.1, 0.15) is 0 Å². The van der Waals surface area contributed by atoms with E-state index in [1.807, 2.05) is 4.68 Å². The molecule has 1 N–H and O–H groups in total. The van der Waals surface area contributed by atoms with Crippen molar-refractivity contribution in [2.24, 2.45) is 11.8 Å². The third kappa shape index (κ3) is 3.14. The molecule has 1 aliphatic rings. The molecule has 0 spiro atoms. The minimum Gasteiger partial charge on any atom is -0.308 e. The highest BCUT2D eigenvalue weighted by molar-refractivity contribution is 5.00. The average molecular weight is 249 g/mol. The van der Waals surface area contributed by atoms with E-state index in [-0.39, 0.29) is 0 Å². The molecule has 1 heterocycles. The quantitative estimate of drug-likeness (QED) is 0.886. The van der Waals surface area contributed by atoms with Crippen molar-refractivity contribution >= 4 is 0 Å². The lowest BCUT2D eigenvalue weighted by atomic mass is 9.78. The molecule has 2 rings (SSSR count). The molecule has 0 bridgehead atoms. The van der Waals surface area contributed by atoms with Crippen molar-refractivity contribution in [2.75, 3.05) is 0 Å². The SMILES string of the molecule is CC1CCCC(NCc2ccn(C(C)C)n2)C1C. The predicted octanol–water partition coefficient (Wildman–Crippen LogP) is 3.38. The fourth-order valence-electron chi connectivity index (χ4n) is 2.86. The second-order valence-electron chi connectivity index (χ2n) is 6.14. The van der Waals surface area contributed by atoms with E-state index in [4.69, 9.17) is 0 Å². The first-order valence-electron chi connectivity index (χ1n) is 7.35. The number of nitrogens with one attached hydrogen (secondary N) is 1. The molecule has 0 aliphatic heterocycles. The van der Waals surface area contributed by atoms with Gasteiger partial charge in [-0.25, -0.2) is 0 Å². The molecule has 1 aromatic rings. The van der Waals surface area contributed by atoms with Crippen LogP contribution in [-0.4, -0.2) is 15.8 Å². The van der Waals surface area contributed by atoms with Crippen LogP contribution in [0.4, 0.5) is 0 Å². The van der Waals surface area contributed by atoms with Crippen molar-refractivity contribution < 1.29 is 0 Å². The summed E-state index contributed by atoms with van der Waals surface area (Å²) in [6.07, 6.45) is 6.15. The lowest BCUT2D eigenvalue weighted by molar-refractivity contribution is 0.205. The van der Waals surface area contributed by atoms with Crippen molar-refractivity contribution in [3.63, 3.8) is 0 Å². The van der Waals surface area contributed by atoms with Gasteiger partial charge in [-0.15, -0.1) is 0 Å². The Morgan fingerprint density at radius 3 is 2.83 bits per heavy atom. The number of hydrogen-bond donors (Lipinski definition) is 1. The van der Waals surface area contributed by atoms with E-state index in [2.05, 4.69) is 50.4 Å². The van der Waals surface area contributed by atoms with Gasteiger partial charge in [-0.2, -0.15) is 5.10 Å². The largest absolute Gasteiger partial charge is 0.308 e. The Kier molecular flexibility index (Phi) is 4.44. The number of aromatic nitrogens is 2. The molecule has 0 amide bonds. The number of rotatable bonds is 4. The predicted molar refractivity (Wildman–Crippen MR) is 75.4 cm³/mol. The Hall–Kier alpha value is -0.830. The van der Waals surface area contributed by atoms with Crippen molar-refractivity contribution in [1.82, 2.24) is 15.1 Å². The van der Waals surface area contributed by atoms with Crippen molar-refractivity contribution in [1.29, 1.82) is 0 Å². The van der Waals surface area contributed by atoms with Crippen LogP contribution in [0.1, 0.15) is 58.7 Å². The maximum absolute atomic E-state index is 4.59. The molecule has 0 radical (unpaired) electrons. The van der Waals surface area contributed by atoms with Crippen LogP contribution < -0.4 is 5.32 Å². The molecule has 3 nitrogen and oxygen atoms in total. The van der Waals surface area contributed by atoms with E-state index in [1.165, 1.54) is 19.3 Å². The van der Waals surface area contributed by atoms with Crippen LogP contribution >= 0.6 is 0 Å². The summed E-state index contributed by atoms with van der Waals surface area (Å²) in [5, 5.41) is 8.29. The molecule has 3 atom stereocenters. The zero-order valence-corrected chi connectivity index (χ0v) is 12.2. The van der Waals surface area contributed by atoms with Gasteiger partial charge in [0.05, 0.1) is 5.69 Å². The third-order valence-electron chi connectivity index (χ3n) is 4.44. The van der Waals surface area contributed by atoms with Gasteiger partial charge in [-0.1, -0.05) is 26.7 Å². The average Bonchev–Trinajstić information content (AvgIpc) is 2.80. The Morgan fingerprint density at radius 2 is 2.17 bits per heavy atom. The van der Waals surface area contributed by atoms with Crippen molar-refractivity contribution in [3.8, 4) is 0 Å². The molecule has 1 fully saturated rings. The van der Waals surface area contributed by atoms with E-state index in [9.17, 15) is 0 Å². The van der Waals surface area contributed by atoms with Gasteiger partial charge in [0.25, 0.3) is 0 Å². The fourth-order valence-corrected chi connectivity index (χ4v) is 2.86. The molecular formula is C15H27N3. The van der Waals surface area contributed by atoms with Gasteiger partial charge < -0.3 is 5.32 Å². The summed E-state index contributed by atoms with van der Waals surface area (Å²) in [4.78, 5) is 0. The molecule has 1 aliphatic carbocycles. The van der Waals surface area contributed by atoms with Crippen molar-refractivity contribution in [3.05, 3.63) is 18.0 Å². The standard InChI is InChI=1S/C15H27N3/c1-11(2)18-9-8-14(17-18)10-16-15-7-5-6-12(3)13(15)4/h8-9,11-13,15-16H,5-7,10H2,1-4H3. The van der Waals surface area contributed by atoms with Crippen LogP contribution in [0, 0.1) is 11.8 Å². The second-order valence-corrected chi connectivity index (χ2v) is 6.14. The first kappa shape index (κ1) is 13.6. The van der Waals surface area contributed by atoms with Gasteiger partial charge in [0.15, 0.2) is 0 Å². The molecule has 3 heteroatoms. The maximum atomic E-state index is 4.59. The summed E-state index contributed by atoms with van der Waals surface area (Å²) in [6.45, 7) is 9.99. The van der Waals surface area contributed by atoms with E-state index >= 15 is 0 Å². The van der Waals surface area contributed by atoms with Crippen LogP contribution in [0.5, 0.6) is 0 Å². The Balaban J connectivity index is 1.86. The third-order valence-corrected chi connectivity index (χ3v) is 4.44. The summed E-state index contributed by atoms with van der Waals surface area (Å²) in [6, 6.07) is 3.24. The molecule has 18 heavy (non-hydrogen) atoms. The molecule has 1 saturated carbocycles. The van der Waals surface area contributed by atoms with Gasteiger partial charge in [0.2, 0.25) is 0 Å². The minimum atomic E-state index is 0.451. The van der Waals surface area contributed by atoms with Crippen LogP contribution in [0.2, 0.25) is 0 Å². The maximum Gasteiger partial charge on any atom is 0.0762 e. The highest BCUT2D eigenvalue weighted by Crippen LogP contribution is 2.29. The Labute approximate surface area is 111 Å². The smallest absolute Gasteiger partial charge is 0.0762 e. The van der Waals surface area contributed by atoms with E-state index in [0.717, 1.165) is 24.1 Å². The lowest BCUT2D eigenvalue weighted by Gasteiger charge is -2.34. The summed E-state index contributed by atoms with van der Waals surface area (Å²) in [5.74, 6) is 1.63. The normalized spacial score (nSPS) is 28.8. The second kappa shape index (κ2) is 5.87. The summed E-state index contributed by atoms with van der Waals surface area (Å²) < 4.78 is 2.03. The van der Waals surface area contributed by atoms with Gasteiger partial charge >= 0.3 is 0 Å². The molecule has 0 saturated heterocycles. The minimum absolute atomic E-state index is 0.451. The first-order valence-corrected chi connectivity index (χ1v) is 7.35. The van der Waals surface area contributed by atoms with Crippen molar-refractivity contribution in [2.45, 2.75) is 65.6 Å². The van der Waals surface area contributed by atoms with Gasteiger partial charge in [-0.3, -0.25) is 4.68 Å². The monoisotopic (exact) mass is 249 g/mol. The van der Waals surface area contributed by atoms with Crippen LogP contribution in [0.25, 0.3) is 0 Å². The highest BCUT2D eigenvalue weighted by atomic mass is 15.3. The van der Waals surface area contributed by atoms with Crippen LogP contribution in [-0.2, 0) is 6.54 Å².